The van der Waals surface area contributed by atoms with Crippen molar-refractivity contribution >= 4 is 39.8 Å². The van der Waals surface area contributed by atoms with Gasteiger partial charge in [0.05, 0.1) is 17.9 Å². The number of carbonyl (C=O) groups is 2. The molecule has 3 N–H and O–H groups in total. The molecule has 0 aromatic heterocycles. The highest BCUT2D eigenvalue weighted by molar-refractivity contribution is 6.07. The Hall–Kier alpha value is -3.58. The van der Waals surface area contributed by atoms with Gasteiger partial charge in [-0.25, -0.2) is 4.79 Å². The molecule has 0 saturated carbocycles. The highest BCUT2D eigenvalue weighted by Crippen LogP contribution is 2.28. The van der Waals surface area contributed by atoms with Gasteiger partial charge in [-0.3, -0.25) is 4.79 Å². The molecule has 0 spiro atoms. The zero-order valence-electron chi connectivity index (χ0n) is 18.9. The number of ether oxygens (including phenoxy) is 1. The van der Waals surface area contributed by atoms with Gasteiger partial charge < -0.3 is 25.6 Å². The molecule has 3 aromatic rings. The van der Waals surface area contributed by atoms with E-state index in [1.54, 1.807) is 13.2 Å². The molecular weight excluding hydrogens is 416 g/mol. The number of carbonyl (C=O) groups excluding carboxylic acids is 2. The number of fused-ring (bicyclic) bond motifs is 1. The third-order valence-electron chi connectivity index (χ3n) is 5.83. The van der Waals surface area contributed by atoms with Crippen LogP contribution in [-0.2, 0) is 4.74 Å². The average molecular weight is 447 g/mol. The lowest BCUT2D eigenvalue weighted by Gasteiger charge is -2.30. The lowest BCUT2D eigenvalue weighted by molar-refractivity contribution is 0.0937. The maximum atomic E-state index is 12.9. The first-order valence-corrected chi connectivity index (χ1v) is 11.4. The van der Waals surface area contributed by atoms with Gasteiger partial charge in [-0.05, 0) is 48.9 Å². The number of anilines is 3. The zero-order valence-corrected chi connectivity index (χ0v) is 18.9. The second-order valence-electron chi connectivity index (χ2n) is 8.13. The molecule has 172 valence electrons. The van der Waals surface area contributed by atoms with E-state index in [1.165, 1.54) is 6.42 Å². The van der Waals surface area contributed by atoms with E-state index in [1.807, 2.05) is 54.6 Å². The van der Waals surface area contributed by atoms with E-state index in [-0.39, 0.29) is 11.9 Å². The second kappa shape index (κ2) is 10.8. The number of benzene rings is 3. The van der Waals surface area contributed by atoms with Crippen LogP contribution in [0.15, 0.2) is 60.7 Å². The number of nitrogens with one attached hydrogen (secondary N) is 3. The quantitative estimate of drug-likeness (QED) is 0.453. The van der Waals surface area contributed by atoms with Gasteiger partial charge in [0, 0.05) is 43.5 Å². The van der Waals surface area contributed by atoms with Crippen LogP contribution in [0.4, 0.5) is 21.9 Å². The summed E-state index contributed by atoms with van der Waals surface area (Å²) in [5, 5.41) is 10.7. The monoisotopic (exact) mass is 446 g/mol. The van der Waals surface area contributed by atoms with E-state index >= 15 is 0 Å². The van der Waals surface area contributed by atoms with Crippen molar-refractivity contribution in [1.29, 1.82) is 0 Å². The molecular formula is C26H30N4O3. The van der Waals surface area contributed by atoms with Crippen molar-refractivity contribution in [3.05, 3.63) is 66.2 Å². The minimum absolute atomic E-state index is 0.175. The van der Waals surface area contributed by atoms with Crippen molar-refractivity contribution in [1.82, 2.24) is 5.32 Å². The Morgan fingerprint density at radius 2 is 1.73 bits per heavy atom. The van der Waals surface area contributed by atoms with Gasteiger partial charge in [0.25, 0.3) is 5.91 Å². The van der Waals surface area contributed by atoms with Crippen LogP contribution in [0.1, 0.15) is 29.6 Å². The lowest BCUT2D eigenvalue weighted by Crippen LogP contribution is -2.33. The van der Waals surface area contributed by atoms with Crippen molar-refractivity contribution in [3.8, 4) is 0 Å². The normalized spacial score (nSPS) is 13.5. The predicted molar refractivity (Wildman–Crippen MR) is 133 cm³/mol. The molecule has 1 saturated heterocycles. The summed E-state index contributed by atoms with van der Waals surface area (Å²) >= 11 is 0. The number of urea groups is 1. The fourth-order valence-electron chi connectivity index (χ4n) is 4.19. The van der Waals surface area contributed by atoms with Gasteiger partial charge in [-0.2, -0.15) is 0 Å². The summed E-state index contributed by atoms with van der Waals surface area (Å²) in [6, 6.07) is 18.8. The van der Waals surface area contributed by atoms with Crippen molar-refractivity contribution in [2.24, 2.45) is 0 Å². The maximum Gasteiger partial charge on any atom is 0.323 e. The molecule has 4 rings (SSSR count). The van der Waals surface area contributed by atoms with Crippen molar-refractivity contribution in [2.75, 3.05) is 48.9 Å². The lowest BCUT2D eigenvalue weighted by atomic mass is 10.1. The van der Waals surface area contributed by atoms with Gasteiger partial charge in [-0.1, -0.05) is 36.4 Å². The van der Waals surface area contributed by atoms with Crippen LogP contribution in [0.3, 0.4) is 0 Å². The molecule has 0 radical (unpaired) electrons. The Balaban J connectivity index is 1.53. The van der Waals surface area contributed by atoms with Crippen LogP contribution in [0, 0.1) is 0 Å². The Kier molecular flexibility index (Phi) is 7.42. The first-order chi connectivity index (χ1) is 16.2. The Bertz CT molecular complexity index is 1120. The van der Waals surface area contributed by atoms with Crippen LogP contribution in [-0.4, -0.2) is 45.3 Å². The molecule has 7 heteroatoms. The third-order valence-corrected chi connectivity index (χ3v) is 5.83. The highest BCUT2D eigenvalue weighted by atomic mass is 16.5. The van der Waals surface area contributed by atoms with Gasteiger partial charge in [0.15, 0.2) is 0 Å². The topological polar surface area (TPSA) is 82.7 Å². The van der Waals surface area contributed by atoms with E-state index in [4.69, 9.17) is 4.74 Å². The van der Waals surface area contributed by atoms with Crippen molar-refractivity contribution < 1.29 is 14.3 Å². The zero-order chi connectivity index (χ0) is 23.0. The molecule has 0 atom stereocenters. The number of rotatable bonds is 7. The van der Waals surface area contributed by atoms with Crippen LogP contribution >= 0.6 is 0 Å². The Morgan fingerprint density at radius 1 is 0.939 bits per heavy atom. The van der Waals surface area contributed by atoms with E-state index in [2.05, 4.69) is 20.9 Å². The number of hydrogen-bond acceptors (Lipinski definition) is 4. The van der Waals surface area contributed by atoms with Gasteiger partial charge in [0.2, 0.25) is 0 Å². The molecule has 3 aromatic carbocycles. The first-order valence-electron chi connectivity index (χ1n) is 11.4. The summed E-state index contributed by atoms with van der Waals surface area (Å²) in [6.07, 6.45) is 3.43. The highest BCUT2D eigenvalue weighted by Gasteiger charge is 2.19. The molecule has 0 bridgehead atoms. The maximum absolute atomic E-state index is 12.9. The van der Waals surface area contributed by atoms with Crippen LogP contribution < -0.4 is 20.9 Å². The summed E-state index contributed by atoms with van der Waals surface area (Å²) in [5.74, 6) is -0.175. The fourth-order valence-corrected chi connectivity index (χ4v) is 4.19. The smallest absolute Gasteiger partial charge is 0.323 e. The van der Waals surface area contributed by atoms with Crippen molar-refractivity contribution in [3.63, 3.8) is 0 Å². The summed E-state index contributed by atoms with van der Waals surface area (Å²) < 4.78 is 5.05. The fraction of sp³-hybridized carbons (Fsp3) is 0.308. The average Bonchev–Trinajstić information content (AvgIpc) is 2.85. The van der Waals surface area contributed by atoms with E-state index < -0.39 is 0 Å². The predicted octanol–water partition coefficient (Wildman–Crippen LogP) is 4.85. The minimum Gasteiger partial charge on any atom is -0.383 e. The SMILES string of the molecule is COCCNC(=O)c1cc(NC(=O)Nc2cccc3ccccc23)ccc1N1CCCCC1. The minimum atomic E-state index is -0.359. The third kappa shape index (κ3) is 5.62. The molecule has 7 nitrogen and oxygen atoms in total. The molecule has 0 aliphatic carbocycles. The van der Waals surface area contributed by atoms with Crippen molar-refractivity contribution in [2.45, 2.75) is 19.3 Å². The Labute approximate surface area is 194 Å². The number of methoxy groups -OCH3 is 1. The van der Waals surface area contributed by atoms with E-state index in [0.29, 0.717) is 24.4 Å². The molecule has 3 amide bonds. The number of amides is 3. The van der Waals surface area contributed by atoms with Gasteiger partial charge in [0.1, 0.15) is 0 Å². The molecule has 1 aliphatic rings. The number of hydrogen-bond donors (Lipinski definition) is 3. The number of piperidine rings is 1. The molecule has 33 heavy (non-hydrogen) atoms. The molecule has 1 fully saturated rings. The second-order valence-corrected chi connectivity index (χ2v) is 8.13. The van der Waals surface area contributed by atoms with Crippen LogP contribution in [0.5, 0.6) is 0 Å². The molecule has 0 unspecified atom stereocenters. The van der Waals surface area contributed by atoms with E-state index in [0.717, 1.165) is 48.1 Å². The standard InChI is InChI=1S/C26H30N4O3/c1-33-17-14-27-25(31)22-18-20(12-13-24(22)30-15-5-2-6-16-30)28-26(32)29-23-11-7-9-19-8-3-4-10-21(19)23/h3-4,7-13,18H,2,5-6,14-17H2,1H3,(H,27,31)(H2,28,29,32). The van der Waals surface area contributed by atoms with Gasteiger partial charge >= 0.3 is 6.03 Å². The molecule has 1 aliphatic heterocycles. The summed E-state index contributed by atoms with van der Waals surface area (Å²) in [5.41, 5.74) is 2.74. The number of nitrogens with zero attached hydrogens (tertiary/aromatic N) is 1. The van der Waals surface area contributed by atoms with Crippen LogP contribution in [0.2, 0.25) is 0 Å². The molecule has 1 heterocycles. The first kappa shape index (κ1) is 22.6. The summed E-state index contributed by atoms with van der Waals surface area (Å²) in [6.45, 7) is 2.71. The van der Waals surface area contributed by atoms with Crippen LogP contribution in [0.25, 0.3) is 10.8 Å². The van der Waals surface area contributed by atoms with Gasteiger partial charge in [-0.15, -0.1) is 0 Å². The summed E-state index contributed by atoms with van der Waals surface area (Å²) in [4.78, 5) is 27.9. The Morgan fingerprint density at radius 3 is 2.55 bits per heavy atom. The summed E-state index contributed by atoms with van der Waals surface area (Å²) in [7, 11) is 1.60. The van der Waals surface area contributed by atoms with E-state index in [9.17, 15) is 9.59 Å². The largest absolute Gasteiger partial charge is 0.383 e.